The van der Waals surface area contributed by atoms with Crippen molar-refractivity contribution in [2.24, 2.45) is 0 Å². The summed E-state index contributed by atoms with van der Waals surface area (Å²) in [5, 5.41) is 7.01. The number of hydrogen-bond acceptors (Lipinski definition) is 4. The van der Waals surface area contributed by atoms with E-state index in [1.807, 2.05) is 41.2 Å². The van der Waals surface area contributed by atoms with E-state index < -0.39 is 0 Å². The highest BCUT2D eigenvalue weighted by molar-refractivity contribution is 5.94. The van der Waals surface area contributed by atoms with Crippen molar-refractivity contribution in [3.8, 4) is 5.69 Å². The van der Waals surface area contributed by atoms with Gasteiger partial charge < -0.3 is 14.6 Å². The molecule has 1 amide bonds. The fraction of sp³-hybridized carbons (Fsp3) is 0.235. The molecular formula is C17H19N5O2. The van der Waals surface area contributed by atoms with Gasteiger partial charge in [0.05, 0.1) is 25.2 Å². The first kappa shape index (κ1) is 15.9. The van der Waals surface area contributed by atoms with E-state index in [0.29, 0.717) is 25.3 Å². The first-order valence-electron chi connectivity index (χ1n) is 7.75. The van der Waals surface area contributed by atoms with Crippen molar-refractivity contribution < 1.29 is 9.53 Å². The molecule has 0 aliphatic carbocycles. The number of benzene rings is 1. The number of nitrogens with one attached hydrogen (secondary N) is 1. The number of ether oxygens (including phenoxy) is 1. The zero-order valence-corrected chi connectivity index (χ0v) is 13.2. The molecule has 0 radical (unpaired) electrons. The van der Waals surface area contributed by atoms with Crippen molar-refractivity contribution in [2.45, 2.75) is 6.54 Å². The lowest BCUT2D eigenvalue weighted by Gasteiger charge is -2.08. The number of aromatic nitrogens is 4. The zero-order chi connectivity index (χ0) is 16.6. The Labute approximate surface area is 139 Å². The number of carbonyl (C=O) groups is 1. The van der Waals surface area contributed by atoms with Crippen LogP contribution in [0, 0.1) is 0 Å². The van der Waals surface area contributed by atoms with Gasteiger partial charge in [0.1, 0.15) is 0 Å². The average molecular weight is 325 g/mol. The van der Waals surface area contributed by atoms with Crippen molar-refractivity contribution in [3.63, 3.8) is 0 Å². The SMILES string of the molecule is O=C(NCCOCCn1ccnc1)c1cccc(-n2cccn2)c1. The topological polar surface area (TPSA) is 74.0 Å². The molecular weight excluding hydrogens is 306 g/mol. The van der Waals surface area contributed by atoms with E-state index in [4.69, 9.17) is 4.74 Å². The van der Waals surface area contributed by atoms with Crippen LogP contribution in [0.25, 0.3) is 5.69 Å². The highest BCUT2D eigenvalue weighted by Gasteiger charge is 2.06. The van der Waals surface area contributed by atoms with Crippen LogP contribution in [0.4, 0.5) is 0 Å². The fourth-order valence-electron chi connectivity index (χ4n) is 2.24. The number of amides is 1. The van der Waals surface area contributed by atoms with Crippen molar-refractivity contribution >= 4 is 5.91 Å². The Kier molecular flexibility index (Phi) is 5.36. The quantitative estimate of drug-likeness (QED) is 0.637. The van der Waals surface area contributed by atoms with Crippen LogP contribution < -0.4 is 5.32 Å². The third-order valence-electron chi connectivity index (χ3n) is 3.46. The van der Waals surface area contributed by atoms with Crippen molar-refractivity contribution in [3.05, 3.63) is 67.0 Å². The van der Waals surface area contributed by atoms with Gasteiger partial charge in [-0.1, -0.05) is 6.07 Å². The molecule has 124 valence electrons. The lowest BCUT2D eigenvalue weighted by molar-refractivity contribution is 0.0908. The summed E-state index contributed by atoms with van der Waals surface area (Å²) >= 11 is 0. The Hall–Kier alpha value is -2.93. The van der Waals surface area contributed by atoms with Gasteiger partial charge in [0.2, 0.25) is 0 Å². The van der Waals surface area contributed by atoms with E-state index in [0.717, 1.165) is 12.2 Å². The van der Waals surface area contributed by atoms with Crippen LogP contribution in [0.5, 0.6) is 0 Å². The maximum Gasteiger partial charge on any atom is 0.251 e. The Morgan fingerprint density at radius 2 is 2.12 bits per heavy atom. The Morgan fingerprint density at radius 1 is 1.17 bits per heavy atom. The summed E-state index contributed by atoms with van der Waals surface area (Å²) in [7, 11) is 0. The van der Waals surface area contributed by atoms with Gasteiger partial charge in [0.15, 0.2) is 0 Å². The first-order chi connectivity index (χ1) is 11.8. The molecule has 0 atom stereocenters. The Morgan fingerprint density at radius 3 is 2.92 bits per heavy atom. The van der Waals surface area contributed by atoms with Gasteiger partial charge in [-0.15, -0.1) is 0 Å². The van der Waals surface area contributed by atoms with E-state index in [1.165, 1.54) is 0 Å². The van der Waals surface area contributed by atoms with E-state index in [2.05, 4.69) is 15.4 Å². The van der Waals surface area contributed by atoms with Crippen LogP contribution in [0.15, 0.2) is 61.4 Å². The monoisotopic (exact) mass is 325 g/mol. The van der Waals surface area contributed by atoms with E-state index in [1.54, 1.807) is 29.5 Å². The second kappa shape index (κ2) is 8.07. The predicted octanol–water partition coefficient (Wildman–Crippen LogP) is 1.52. The summed E-state index contributed by atoms with van der Waals surface area (Å²) in [4.78, 5) is 16.1. The maximum absolute atomic E-state index is 12.2. The highest BCUT2D eigenvalue weighted by Crippen LogP contribution is 2.09. The second-order valence-electron chi connectivity index (χ2n) is 5.17. The highest BCUT2D eigenvalue weighted by atomic mass is 16.5. The van der Waals surface area contributed by atoms with Gasteiger partial charge in [0.25, 0.3) is 5.91 Å². The molecule has 1 N–H and O–H groups in total. The minimum atomic E-state index is -0.123. The van der Waals surface area contributed by atoms with Crippen LogP contribution in [0.1, 0.15) is 10.4 Å². The molecule has 2 heterocycles. The van der Waals surface area contributed by atoms with Crippen molar-refractivity contribution in [2.75, 3.05) is 19.8 Å². The molecule has 0 saturated carbocycles. The Bertz CT molecular complexity index is 753. The van der Waals surface area contributed by atoms with Gasteiger partial charge in [-0.05, 0) is 24.3 Å². The normalized spacial score (nSPS) is 10.7. The summed E-state index contributed by atoms with van der Waals surface area (Å²) in [6, 6.07) is 9.18. The number of carbonyl (C=O) groups excluding carboxylic acids is 1. The fourth-order valence-corrected chi connectivity index (χ4v) is 2.24. The molecule has 2 aromatic heterocycles. The zero-order valence-electron chi connectivity index (χ0n) is 13.2. The number of rotatable bonds is 8. The molecule has 0 fully saturated rings. The lowest BCUT2D eigenvalue weighted by atomic mass is 10.2. The largest absolute Gasteiger partial charge is 0.378 e. The molecule has 1 aromatic carbocycles. The maximum atomic E-state index is 12.2. The Balaban J connectivity index is 1.41. The van der Waals surface area contributed by atoms with Crippen LogP contribution in [0.2, 0.25) is 0 Å². The molecule has 0 aliphatic heterocycles. The summed E-state index contributed by atoms with van der Waals surface area (Å²) in [6.45, 7) is 2.27. The first-order valence-corrected chi connectivity index (χ1v) is 7.75. The lowest BCUT2D eigenvalue weighted by Crippen LogP contribution is -2.27. The predicted molar refractivity (Wildman–Crippen MR) is 88.9 cm³/mol. The number of hydrogen-bond donors (Lipinski definition) is 1. The van der Waals surface area contributed by atoms with Gasteiger partial charge in [0, 0.05) is 43.4 Å². The number of nitrogens with zero attached hydrogens (tertiary/aromatic N) is 4. The molecule has 0 saturated heterocycles. The third kappa shape index (κ3) is 4.30. The van der Waals surface area contributed by atoms with Crippen LogP contribution in [0.3, 0.4) is 0 Å². The second-order valence-corrected chi connectivity index (χ2v) is 5.17. The molecule has 3 rings (SSSR count). The van der Waals surface area contributed by atoms with Crippen LogP contribution >= 0.6 is 0 Å². The summed E-state index contributed by atoms with van der Waals surface area (Å²) in [6.07, 6.45) is 8.91. The van der Waals surface area contributed by atoms with Crippen molar-refractivity contribution in [1.82, 2.24) is 24.6 Å². The van der Waals surface area contributed by atoms with E-state index >= 15 is 0 Å². The standard InChI is InChI=1S/C17H19N5O2/c23-17(19-7-11-24-12-10-21-9-6-18-14-21)15-3-1-4-16(13-15)22-8-2-5-20-22/h1-6,8-9,13-14H,7,10-12H2,(H,19,23). The summed E-state index contributed by atoms with van der Waals surface area (Å²) in [5.74, 6) is -0.123. The van der Waals surface area contributed by atoms with Gasteiger partial charge in [-0.2, -0.15) is 5.10 Å². The minimum Gasteiger partial charge on any atom is -0.378 e. The summed E-state index contributed by atoms with van der Waals surface area (Å²) in [5.41, 5.74) is 1.45. The summed E-state index contributed by atoms with van der Waals surface area (Å²) < 4.78 is 9.16. The molecule has 0 spiro atoms. The molecule has 7 nitrogen and oxygen atoms in total. The molecule has 24 heavy (non-hydrogen) atoms. The van der Waals surface area contributed by atoms with E-state index in [9.17, 15) is 4.79 Å². The van der Waals surface area contributed by atoms with Crippen LogP contribution in [-0.2, 0) is 11.3 Å². The van der Waals surface area contributed by atoms with Gasteiger partial charge in [-0.25, -0.2) is 9.67 Å². The molecule has 3 aromatic rings. The molecule has 0 bridgehead atoms. The van der Waals surface area contributed by atoms with Crippen molar-refractivity contribution in [1.29, 1.82) is 0 Å². The molecule has 7 heteroatoms. The number of imidazole rings is 1. The van der Waals surface area contributed by atoms with E-state index in [-0.39, 0.29) is 5.91 Å². The van der Waals surface area contributed by atoms with Gasteiger partial charge in [-0.3, -0.25) is 4.79 Å². The third-order valence-corrected chi connectivity index (χ3v) is 3.46. The van der Waals surface area contributed by atoms with Gasteiger partial charge >= 0.3 is 0 Å². The minimum absolute atomic E-state index is 0.123. The molecule has 0 aliphatic rings. The molecule has 0 unspecified atom stereocenters. The average Bonchev–Trinajstić information content (AvgIpc) is 3.31. The van der Waals surface area contributed by atoms with Crippen LogP contribution in [-0.4, -0.2) is 45.0 Å². The smallest absolute Gasteiger partial charge is 0.251 e.